The second-order valence-electron chi connectivity index (χ2n) is 7.35. The van der Waals surface area contributed by atoms with E-state index in [2.05, 4.69) is 50.4 Å². The Bertz CT molecular complexity index is 783. The molecule has 0 saturated carbocycles. The molecule has 2 rings (SSSR count). The molecule has 1 heterocycles. The quantitative estimate of drug-likeness (QED) is 0.835. The average molecular weight is 359 g/mol. The second-order valence-corrected chi connectivity index (χ2v) is 8.57. The highest BCUT2D eigenvalue weighted by Gasteiger charge is 2.19. The van der Waals surface area contributed by atoms with Crippen molar-refractivity contribution in [2.45, 2.75) is 52.9 Å². The van der Waals surface area contributed by atoms with Gasteiger partial charge in [-0.1, -0.05) is 45.0 Å². The molecule has 5 heteroatoms. The molecule has 0 fully saturated rings. The van der Waals surface area contributed by atoms with Crippen molar-refractivity contribution in [2.75, 3.05) is 5.32 Å². The Morgan fingerprint density at radius 1 is 1.12 bits per heavy atom. The summed E-state index contributed by atoms with van der Waals surface area (Å²) in [5.74, 6) is -0.612. The maximum atomic E-state index is 12.3. The van der Waals surface area contributed by atoms with Gasteiger partial charge >= 0.3 is 0 Å². The standard InChI is InChI=1S/C20H26N2O2S/c1-12-13(2)25-19(17(12)18(21)24)22-16(23)11-8-14-6-9-15(10-7-14)20(3,4)5/h6-7,9-10H,8,11H2,1-5H3,(H2,21,24)(H,22,23). The van der Waals surface area contributed by atoms with Crippen LogP contribution in [0.3, 0.4) is 0 Å². The topological polar surface area (TPSA) is 72.2 Å². The largest absolute Gasteiger partial charge is 0.365 e. The number of benzene rings is 1. The summed E-state index contributed by atoms with van der Waals surface area (Å²) in [6.45, 7) is 10.3. The minimum atomic E-state index is -0.505. The van der Waals surface area contributed by atoms with Crippen LogP contribution in [0.1, 0.15) is 59.1 Å². The van der Waals surface area contributed by atoms with E-state index >= 15 is 0 Å². The molecule has 0 saturated heterocycles. The summed E-state index contributed by atoms with van der Waals surface area (Å²) in [5.41, 5.74) is 9.21. The van der Waals surface area contributed by atoms with Gasteiger partial charge in [-0.05, 0) is 42.4 Å². The SMILES string of the molecule is Cc1sc(NC(=O)CCc2ccc(C(C)(C)C)cc2)c(C(N)=O)c1C. The molecule has 2 amide bonds. The Labute approximate surface area is 153 Å². The fraction of sp³-hybridized carbons (Fsp3) is 0.400. The monoisotopic (exact) mass is 358 g/mol. The van der Waals surface area contributed by atoms with Gasteiger partial charge in [0.2, 0.25) is 5.91 Å². The number of nitrogens with two attached hydrogens (primary N) is 1. The number of amides is 2. The van der Waals surface area contributed by atoms with Crippen molar-refractivity contribution in [3.63, 3.8) is 0 Å². The van der Waals surface area contributed by atoms with Crippen LogP contribution in [0.5, 0.6) is 0 Å². The molecular weight excluding hydrogens is 332 g/mol. The van der Waals surface area contributed by atoms with Gasteiger partial charge in [-0.2, -0.15) is 0 Å². The van der Waals surface area contributed by atoms with Crippen molar-refractivity contribution in [1.29, 1.82) is 0 Å². The van der Waals surface area contributed by atoms with Crippen LogP contribution in [0.4, 0.5) is 5.00 Å². The molecule has 0 aliphatic rings. The third-order valence-electron chi connectivity index (χ3n) is 4.35. The lowest BCUT2D eigenvalue weighted by atomic mass is 9.86. The van der Waals surface area contributed by atoms with Crippen molar-refractivity contribution in [3.8, 4) is 0 Å². The van der Waals surface area contributed by atoms with Crippen LogP contribution >= 0.6 is 11.3 Å². The van der Waals surface area contributed by atoms with E-state index in [1.165, 1.54) is 16.9 Å². The first-order valence-corrected chi connectivity index (χ1v) is 9.20. The van der Waals surface area contributed by atoms with Gasteiger partial charge in [0.1, 0.15) is 5.00 Å². The first-order valence-electron chi connectivity index (χ1n) is 8.38. The van der Waals surface area contributed by atoms with Crippen LogP contribution in [0, 0.1) is 13.8 Å². The number of carbonyl (C=O) groups excluding carboxylic acids is 2. The number of hydrogen-bond donors (Lipinski definition) is 2. The van der Waals surface area contributed by atoms with E-state index < -0.39 is 5.91 Å². The smallest absolute Gasteiger partial charge is 0.251 e. The number of hydrogen-bond acceptors (Lipinski definition) is 3. The number of anilines is 1. The molecule has 3 N–H and O–H groups in total. The lowest BCUT2D eigenvalue weighted by Gasteiger charge is -2.19. The molecule has 0 atom stereocenters. The van der Waals surface area contributed by atoms with Crippen LogP contribution in [0.25, 0.3) is 0 Å². The summed E-state index contributed by atoms with van der Waals surface area (Å²) in [6.07, 6.45) is 1.02. The molecule has 0 aliphatic heterocycles. The zero-order valence-electron chi connectivity index (χ0n) is 15.5. The van der Waals surface area contributed by atoms with Gasteiger partial charge in [0.15, 0.2) is 0 Å². The summed E-state index contributed by atoms with van der Waals surface area (Å²) in [6, 6.07) is 8.37. The van der Waals surface area contributed by atoms with Crippen molar-refractivity contribution in [3.05, 3.63) is 51.4 Å². The molecule has 0 spiro atoms. The van der Waals surface area contributed by atoms with Crippen LogP contribution in [-0.2, 0) is 16.6 Å². The highest BCUT2D eigenvalue weighted by molar-refractivity contribution is 7.16. The molecule has 0 unspecified atom stereocenters. The molecular formula is C20H26N2O2S. The molecule has 25 heavy (non-hydrogen) atoms. The molecule has 0 aliphatic carbocycles. The maximum Gasteiger partial charge on any atom is 0.251 e. The predicted octanol–water partition coefficient (Wildman–Crippen LogP) is 4.33. The van der Waals surface area contributed by atoms with E-state index in [9.17, 15) is 9.59 Å². The van der Waals surface area contributed by atoms with E-state index in [1.54, 1.807) is 0 Å². The van der Waals surface area contributed by atoms with Crippen molar-refractivity contribution in [2.24, 2.45) is 5.73 Å². The Morgan fingerprint density at radius 3 is 2.24 bits per heavy atom. The van der Waals surface area contributed by atoms with E-state index in [1.807, 2.05) is 13.8 Å². The molecule has 4 nitrogen and oxygen atoms in total. The summed E-state index contributed by atoms with van der Waals surface area (Å²) in [7, 11) is 0. The molecule has 2 aromatic rings. The number of thiophene rings is 1. The molecule has 0 bridgehead atoms. The number of aryl methyl sites for hydroxylation is 2. The van der Waals surface area contributed by atoms with Crippen LogP contribution in [-0.4, -0.2) is 11.8 Å². The number of nitrogens with one attached hydrogen (secondary N) is 1. The minimum absolute atomic E-state index is 0.108. The molecule has 1 aromatic heterocycles. The summed E-state index contributed by atoms with van der Waals surface area (Å²) in [4.78, 5) is 24.8. The maximum absolute atomic E-state index is 12.3. The average Bonchev–Trinajstić information content (AvgIpc) is 2.79. The third kappa shape index (κ3) is 4.69. The minimum Gasteiger partial charge on any atom is -0.365 e. The normalized spacial score (nSPS) is 11.4. The van der Waals surface area contributed by atoms with Crippen LogP contribution < -0.4 is 11.1 Å². The lowest BCUT2D eigenvalue weighted by molar-refractivity contribution is -0.116. The molecule has 1 aromatic carbocycles. The Kier molecular flexibility index (Phi) is 5.68. The van der Waals surface area contributed by atoms with Gasteiger partial charge in [0.25, 0.3) is 5.91 Å². The van der Waals surface area contributed by atoms with Crippen molar-refractivity contribution >= 4 is 28.2 Å². The van der Waals surface area contributed by atoms with Gasteiger partial charge in [-0.15, -0.1) is 11.3 Å². The highest BCUT2D eigenvalue weighted by Crippen LogP contribution is 2.32. The number of rotatable bonds is 5. The first kappa shape index (κ1) is 19.2. The van der Waals surface area contributed by atoms with Gasteiger partial charge in [0, 0.05) is 11.3 Å². The van der Waals surface area contributed by atoms with Crippen LogP contribution in [0.15, 0.2) is 24.3 Å². The van der Waals surface area contributed by atoms with Crippen molar-refractivity contribution in [1.82, 2.24) is 0 Å². The summed E-state index contributed by atoms with van der Waals surface area (Å²) >= 11 is 1.39. The molecule has 134 valence electrons. The summed E-state index contributed by atoms with van der Waals surface area (Å²) in [5, 5.41) is 3.39. The van der Waals surface area contributed by atoms with E-state index in [0.29, 0.717) is 23.4 Å². The Balaban J connectivity index is 2.00. The Hall–Kier alpha value is -2.14. The zero-order chi connectivity index (χ0) is 18.8. The zero-order valence-corrected chi connectivity index (χ0v) is 16.3. The third-order valence-corrected chi connectivity index (χ3v) is 5.47. The number of carbonyl (C=O) groups is 2. The van der Waals surface area contributed by atoms with Gasteiger partial charge < -0.3 is 11.1 Å². The van der Waals surface area contributed by atoms with E-state index in [-0.39, 0.29) is 11.3 Å². The second kappa shape index (κ2) is 7.40. The predicted molar refractivity (Wildman–Crippen MR) is 104 cm³/mol. The van der Waals surface area contributed by atoms with Crippen LogP contribution in [0.2, 0.25) is 0 Å². The fourth-order valence-electron chi connectivity index (χ4n) is 2.63. The van der Waals surface area contributed by atoms with E-state index in [4.69, 9.17) is 5.73 Å². The fourth-order valence-corrected chi connectivity index (χ4v) is 3.71. The van der Waals surface area contributed by atoms with Gasteiger partial charge in [-0.25, -0.2) is 0 Å². The van der Waals surface area contributed by atoms with Crippen molar-refractivity contribution < 1.29 is 9.59 Å². The number of primary amides is 1. The first-order chi connectivity index (χ1) is 11.6. The lowest BCUT2D eigenvalue weighted by Crippen LogP contribution is -2.17. The molecule has 0 radical (unpaired) electrons. The highest BCUT2D eigenvalue weighted by atomic mass is 32.1. The van der Waals surface area contributed by atoms with E-state index in [0.717, 1.165) is 16.0 Å². The summed E-state index contributed by atoms with van der Waals surface area (Å²) < 4.78 is 0. The van der Waals surface area contributed by atoms with Gasteiger partial charge in [-0.3, -0.25) is 9.59 Å². The Morgan fingerprint density at radius 2 is 1.72 bits per heavy atom. The van der Waals surface area contributed by atoms with Gasteiger partial charge in [0.05, 0.1) is 5.56 Å².